The van der Waals surface area contributed by atoms with Gasteiger partial charge in [-0.1, -0.05) is 17.7 Å². The lowest BCUT2D eigenvalue weighted by Gasteiger charge is -2.43. The zero-order chi connectivity index (χ0) is 15.5. The van der Waals surface area contributed by atoms with E-state index in [1.807, 2.05) is 0 Å². The Morgan fingerprint density at radius 1 is 1.33 bits per heavy atom. The third-order valence-electron chi connectivity index (χ3n) is 3.99. The van der Waals surface area contributed by atoms with Crippen LogP contribution in [0, 0.1) is 0 Å². The van der Waals surface area contributed by atoms with E-state index in [2.05, 4.69) is 41.0 Å². The topological polar surface area (TPSA) is 48.5 Å². The number of carbonyl (C=O) groups excluding carboxylic acids is 1. The molecule has 6 heteroatoms. The fraction of sp³-hybridized carbons (Fsp3) is 0.600. The zero-order valence-electron chi connectivity index (χ0n) is 12.9. The van der Waals surface area contributed by atoms with E-state index in [-0.39, 0.29) is 11.4 Å². The smallest absolute Gasteiger partial charge is 0.270 e. The van der Waals surface area contributed by atoms with Gasteiger partial charge in [-0.2, -0.15) is 0 Å². The molecule has 1 aliphatic rings. The quantitative estimate of drug-likeness (QED) is 0.856. The van der Waals surface area contributed by atoms with E-state index in [4.69, 9.17) is 11.6 Å². The van der Waals surface area contributed by atoms with Gasteiger partial charge in [0.2, 0.25) is 0 Å². The van der Waals surface area contributed by atoms with Gasteiger partial charge in [0, 0.05) is 38.3 Å². The van der Waals surface area contributed by atoms with Crippen molar-refractivity contribution in [3.8, 4) is 0 Å². The molecule has 1 fully saturated rings. The van der Waals surface area contributed by atoms with Gasteiger partial charge in [0.25, 0.3) is 5.91 Å². The van der Waals surface area contributed by atoms with Gasteiger partial charge >= 0.3 is 0 Å². The Hall–Kier alpha value is -1.17. The first-order valence-corrected chi connectivity index (χ1v) is 7.61. The summed E-state index contributed by atoms with van der Waals surface area (Å²) in [5.74, 6) is -0.181. The molecule has 21 heavy (non-hydrogen) atoms. The lowest BCUT2D eigenvalue weighted by atomic mass is 10.0. The minimum atomic E-state index is -0.181. The van der Waals surface area contributed by atoms with E-state index < -0.39 is 0 Å². The van der Waals surface area contributed by atoms with Gasteiger partial charge in [-0.25, -0.2) is 4.98 Å². The van der Waals surface area contributed by atoms with E-state index in [0.29, 0.717) is 17.4 Å². The Morgan fingerprint density at radius 2 is 2.00 bits per heavy atom. The molecule has 0 atom stereocenters. The van der Waals surface area contributed by atoms with Crippen LogP contribution in [0.25, 0.3) is 0 Å². The summed E-state index contributed by atoms with van der Waals surface area (Å²) in [6.07, 6.45) is 0. The van der Waals surface area contributed by atoms with E-state index in [0.717, 1.165) is 26.2 Å². The van der Waals surface area contributed by atoms with Crippen molar-refractivity contribution in [3.05, 3.63) is 29.0 Å². The summed E-state index contributed by atoms with van der Waals surface area (Å²) in [5, 5.41) is 3.29. The second-order valence-corrected chi connectivity index (χ2v) is 6.52. The highest BCUT2D eigenvalue weighted by molar-refractivity contribution is 6.29. The molecule has 1 aliphatic heterocycles. The molecule has 0 saturated carbocycles. The number of nitrogens with one attached hydrogen (secondary N) is 1. The fourth-order valence-corrected chi connectivity index (χ4v) is 2.61. The third-order valence-corrected chi connectivity index (χ3v) is 4.20. The van der Waals surface area contributed by atoms with Crippen LogP contribution in [0.1, 0.15) is 24.3 Å². The minimum Gasteiger partial charge on any atom is -0.349 e. The zero-order valence-corrected chi connectivity index (χ0v) is 13.7. The number of pyridine rings is 1. The van der Waals surface area contributed by atoms with Gasteiger partial charge in [0.1, 0.15) is 10.8 Å². The summed E-state index contributed by atoms with van der Waals surface area (Å²) >= 11 is 5.81. The van der Waals surface area contributed by atoms with Crippen LogP contribution in [0.3, 0.4) is 0 Å². The van der Waals surface area contributed by atoms with Crippen LogP contribution < -0.4 is 5.32 Å². The van der Waals surface area contributed by atoms with Crippen molar-refractivity contribution in [2.24, 2.45) is 0 Å². The predicted octanol–water partition coefficient (Wildman–Crippen LogP) is 1.49. The summed E-state index contributed by atoms with van der Waals surface area (Å²) in [4.78, 5) is 20.9. The molecule has 1 amide bonds. The first-order chi connectivity index (χ1) is 9.88. The molecule has 0 radical (unpaired) electrons. The van der Waals surface area contributed by atoms with Crippen molar-refractivity contribution in [2.75, 3.05) is 39.8 Å². The van der Waals surface area contributed by atoms with Crippen LogP contribution in [0.5, 0.6) is 0 Å². The predicted molar refractivity (Wildman–Crippen MR) is 84.7 cm³/mol. The molecule has 5 nitrogen and oxygen atoms in total. The Labute approximate surface area is 131 Å². The number of aromatic nitrogens is 1. The maximum atomic E-state index is 12.1. The van der Waals surface area contributed by atoms with Crippen LogP contribution in [0.2, 0.25) is 5.15 Å². The lowest BCUT2D eigenvalue weighted by Crippen LogP contribution is -2.57. The number of likely N-dealkylation sites (N-methyl/N-ethyl adjacent to an activating group) is 1. The second kappa shape index (κ2) is 6.73. The first-order valence-electron chi connectivity index (χ1n) is 7.23. The third kappa shape index (κ3) is 4.40. The number of hydrogen-bond acceptors (Lipinski definition) is 4. The number of nitrogens with zero attached hydrogens (tertiary/aromatic N) is 3. The van der Waals surface area contributed by atoms with Crippen LogP contribution >= 0.6 is 11.6 Å². The van der Waals surface area contributed by atoms with E-state index in [1.54, 1.807) is 18.2 Å². The number of rotatable bonds is 4. The van der Waals surface area contributed by atoms with Gasteiger partial charge in [-0.15, -0.1) is 0 Å². The standard InChI is InChI=1S/C15H23ClN4O/c1-15(2,20-9-7-19(3)8-10-20)11-17-14(21)12-5-4-6-13(16)18-12/h4-6H,7-11H2,1-3H3,(H,17,21). The van der Waals surface area contributed by atoms with Crippen molar-refractivity contribution < 1.29 is 4.79 Å². The van der Waals surface area contributed by atoms with E-state index in [9.17, 15) is 4.79 Å². The average molecular weight is 311 g/mol. The molecule has 1 aromatic rings. The average Bonchev–Trinajstić information content (AvgIpc) is 2.45. The molecule has 0 aliphatic carbocycles. The summed E-state index contributed by atoms with van der Waals surface area (Å²) < 4.78 is 0. The van der Waals surface area contributed by atoms with Crippen molar-refractivity contribution in [1.82, 2.24) is 20.1 Å². The maximum Gasteiger partial charge on any atom is 0.270 e. The molecule has 0 aromatic carbocycles. The van der Waals surface area contributed by atoms with Crippen LogP contribution in [0.4, 0.5) is 0 Å². The summed E-state index contributed by atoms with van der Waals surface area (Å²) in [7, 11) is 2.14. The number of halogens is 1. The van der Waals surface area contributed by atoms with Gasteiger partial charge in [0.05, 0.1) is 0 Å². The molecular weight excluding hydrogens is 288 g/mol. The van der Waals surface area contributed by atoms with Crippen molar-refractivity contribution in [1.29, 1.82) is 0 Å². The molecule has 1 aromatic heterocycles. The lowest BCUT2D eigenvalue weighted by molar-refractivity contribution is 0.0587. The molecule has 2 rings (SSSR count). The fourth-order valence-electron chi connectivity index (χ4n) is 2.45. The first kappa shape index (κ1) is 16.2. The van der Waals surface area contributed by atoms with E-state index in [1.165, 1.54) is 0 Å². The summed E-state index contributed by atoms with van der Waals surface area (Å²) in [6.45, 7) is 9.07. The van der Waals surface area contributed by atoms with Crippen LogP contribution in [-0.2, 0) is 0 Å². The van der Waals surface area contributed by atoms with Gasteiger partial charge in [-0.05, 0) is 33.0 Å². The van der Waals surface area contributed by atoms with Gasteiger partial charge in [0.15, 0.2) is 0 Å². The summed E-state index contributed by atoms with van der Waals surface area (Å²) in [6, 6.07) is 5.06. The van der Waals surface area contributed by atoms with Crippen molar-refractivity contribution in [2.45, 2.75) is 19.4 Å². The van der Waals surface area contributed by atoms with Crippen molar-refractivity contribution in [3.63, 3.8) is 0 Å². The van der Waals surface area contributed by atoms with Crippen LogP contribution in [-0.4, -0.2) is 66.0 Å². The Morgan fingerprint density at radius 3 is 2.62 bits per heavy atom. The molecule has 116 valence electrons. The van der Waals surface area contributed by atoms with Gasteiger partial charge < -0.3 is 10.2 Å². The van der Waals surface area contributed by atoms with Gasteiger partial charge in [-0.3, -0.25) is 9.69 Å². The normalized spacial score (nSPS) is 17.7. The maximum absolute atomic E-state index is 12.1. The molecular formula is C15H23ClN4O. The van der Waals surface area contributed by atoms with E-state index >= 15 is 0 Å². The number of amides is 1. The largest absolute Gasteiger partial charge is 0.349 e. The Bertz CT molecular complexity index is 498. The monoisotopic (exact) mass is 310 g/mol. The number of carbonyl (C=O) groups is 1. The highest BCUT2D eigenvalue weighted by atomic mass is 35.5. The highest BCUT2D eigenvalue weighted by Gasteiger charge is 2.29. The number of piperazine rings is 1. The minimum absolute atomic E-state index is 0.0739. The highest BCUT2D eigenvalue weighted by Crippen LogP contribution is 2.16. The number of hydrogen-bond donors (Lipinski definition) is 1. The van der Waals surface area contributed by atoms with Crippen LogP contribution in [0.15, 0.2) is 18.2 Å². The SMILES string of the molecule is CN1CCN(C(C)(C)CNC(=O)c2cccc(Cl)n2)CC1. The molecule has 2 heterocycles. The Kier molecular flexibility index (Phi) is 5.19. The summed E-state index contributed by atoms with van der Waals surface area (Å²) in [5.41, 5.74) is 0.284. The Balaban J connectivity index is 1.90. The molecule has 1 saturated heterocycles. The molecule has 0 bridgehead atoms. The molecule has 1 N–H and O–H groups in total. The second-order valence-electron chi connectivity index (χ2n) is 6.13. The molecule has 0 unspecified atom stereocenters. The molecule has 0 spiro atoms. The van der Waals surface area contributed by atoms with Crippen molar-refractivity contribution >= 4 is 17.5 Å².